The molecule has 0 aliphatic heterocycles. The van der Waals surface area contributed by atoms with Gasteiger partial charge in [0.15, 0.2) is 5.82 Å². The minimum atomic E-state index is -0.456. The van der Waals surface area contributed by atoms with Crippen molar-refractivity contribution in [2.75, 3.05) is 0 Å². The number of aromatic nitrogens is 4. The van der Waals surface area contributed by atoms with E-state index in [1.165, 1.54) is 6.07 Å². The molecule has 148 valence electrons. The van der Waals surface area contributed by atoms with Crippen LogP contribution in [0.5, 0.6) is 0 Å². The van der Waals surface area contributed by atoms with E-state index in [4.69, 9.17) is 11.6 Å². The summed E-state index contributed by atoms with van der Waals surface area (Å²) in [5, 5.41) is 11.3. The number of rotatable bonds is 4. The maximum atomic E-state index is 13.9. The molecular weight excluding hydrogens is 405 g/mol. The standard InChI is InChI=1S/C22H15ClFN5O/c23-14-7-5-13(16(24)10-14)11-25-22(30)12-6-8-18-19(9-12)27-21(26-18)20-15-3-1-2-4-17(15)28-29-20/h1-10H,11H2,(H,25,30)(H,26,27)(H,28,29). The van der Waals surface area contributed by atoms with Gasteiger partial charge in [0.2, 0.25) is 0 Å². The fourth-order valence-corrected chi connectivity index (χ4v) is 3.51. The first-order chi connectivity index (χ1) is 14.6. The summed E-state index contributed by atoms with van der Waals surface area (Å²) in [4.78, 5) is 20.4. The van der Waals surface area contributed by atoms with Crippen molar-refractivity contribution in [1.29, 1.82) is 0 Å². The van der Waals surface area contributed by atoms with Crippen molar-refractivity contribution in [2.24, 2.45) is 0 Å². The third-order valence-corrected chi connectivity index (χ3v) is 5.13. The number of halogens is 2. The van der Waals surface area contributed by atoms with E-state index in [0.29, 0.717) is 33.2 Å². The van der Waals surface area contributed by atoms with E-state index in [-0.39, 0.29) is 12.5 Å². The van der Waals surface area contributed by atoms with Crippen molar-refractivity contribution < 1.29 is 9.18 Å². The quantitative estimate of drug-likeness (QED) is 0.390. The summed E-state index contributed by atoms with van der Waals surface area (Å²) in [5.41, 5.74) is 3.87. The predicted molar refractivity (Wildman–Crippen MR) is 114 cm³/mol. The number of nitrogens with one attached hydrogen (secondary N) is 3. The molecule has 5 aromatic rings. The number of benzene rings is 3. The first kappa shape index (κ1) is 18.3. The molecule has 0 saturated heterocycles. The minimum Gasteiger partial charge on any atom is -0.348 e. The fraction of sp³-hybridized carbons (Fsp3) is 0.0455. The van der Waals surface area contributed by atoms with Crippen LogP contribution >= 0.6 is 11.6 Å². The molecule has 0 spiro atoms. The second-order valence-corrected chi connectivity index (χ2v) is 7.29. The lowest BCUT2D eigenvalue weighted by molar-refractivity contribution is 0.0950. The smallest absolute Gasteiger partial charge is 0.251 e. The van der Waals surface area contributed by atoms with Crippen LogP contribution in [0, 0.1) is 5.82 Å². The van der Waals surface area contributed by atoms with Crippen LogP contribution in [-0.2, 0) is 6.54 Å². The third-order valence-electron chi connectivity index (χ3n) is 4.89. The summed E-state index contributed by atoms with van der Waals surface area (Å²) in [7, 11) is 0. The van der Waals surface area contributed by atoms with Gasteiger partial charge in [0.1, 0.15) is 11.5 Å². The molecule has 5 rings (SSSR count). The van der Waals surface area contributed by atoms with Gasteiger partial charge in [-0.2, -0.15) is 5.10 Å². The number of hydrogen-bond acceptors (Lipinski definition) is 3. The second-order valence-electron chi connectivity index (χ2n) is 6.85. The summed E-state index contributed by atoms with van der Waals surface area (Å²) in [6, 6.07) is 17.3. The van der Waals surface area contributed by atoms with E-state index < -0.39 is 5.82 Å². The van der Waals surface area contributed by atoms with E-state index in [0.717, 1.165) is 16.4 Å². The van der Waals surface area contributed by atoms with Crippen LogP contribution in [-0.4, -0.2) is 26.1 Å². The molecule has 0 unspecified atom stereocenters. The maximum absolute atomic E-state index is 13.9. The van der Waals surface area contributed by atoms with Crippen molar-refractivity contribution in [1.82, 2.24) is 25.5 Å². The van der Waals surface area contributed by atoms with Crippen LogP contribution < -0.4 is 5.32 Å². The van der Waals surface area contributed by atoms with Gasteiger partial charge in [-0.15, -0.1) is 0 Å². The fourth-order valence-electron chi connectivity index (χ4n) is 3.35. The molecule has 0 aliphatic rings. The van der Waals surface area contributed by atoms with Gasteiger partial charge in [-0.1, -0.05) is 35.9 Å². The van der Waals surface area contributed by atoms with Gasteiger partial charge in [-0.05, 0) is 36.4 Å². The lowest BCUT2D eigenvalue weighted by Gasteiger charge is -2.07. The van der Waals surface area contributed by atoms with E-state index in [2.05, 4.69) is 25.5 Å². The van der Waals surface area contributed by atoms with Crippen LogP contribution in [0.3, 0.4) is 0 Å². The minimum absolute atomic E-state index is 0.0629. The summed E-state index contributed by atoms with van der Waals surface area (Å²) >= 11 is 5.76. The number of nitrogens with zero attached hydrogens (tertiary/aromatic N) is 2. The van der Waals surface area contributed by atoms with Crippen molar-refractivity contribution in [3.8, 4) is 11.5 Å². The van der Waals surface area contributed by atoms with Gasteiger partial charge in [0, 0.05) is 28.1 Å². The van der Waals surface area contributed by atoms with Gasteiger partial charge in [-0.25, -0.2) is 9.37 Å². The Kier molecular flexibility index (Phi) is 4.44. The van der Waals surface area contributed by atoms with E-state index in [9.17, 15) is 9.18 Å². The number of aromatic amines is 2. The Labute approximate surface area is 175 Å². The normalized spacial score (nSPS) is 11.3. The molecular formula is C22H15ClFN5O. The first-order valence-electron chi connectivity index (χ1n) is 9.24. The third kappa shape index (κ3) is 3.29. The van der Waals surface area contributed by atoms with Crippen LogP contribution in [0.15, 0.2) is 60.7 Å². The number of hydrogen-bond donors (Lipinski definition) is 3. The molecule has 0 bridgehead atoms. The Morgan fingerprint density at radius 3 is 2.80 bits per heavy atom. The molecule has 8 heteroatoms. The molecule has 2 heterocycles. The van der Waals surface area contributed by atoms with E-state index in [1.54, 1.807) is 30.3 Å². The summed E-state index contributed by atoms with van der Waals surface area (Å²) in [5.74, 6) is -0.154. The van der Waals surface area contributed by atoms with Gasteiger partial charge in [0.05, 0.1) is 16.6 Å². The van der Waals surface area contributed by atoms with Gasteiger partial charge in [0.25, 0.3) is 5.91 Å². The van der Waals surface area contributed by atoms with Crippen LogP contribution in [0.4, 0.5) is 4.39 Å². The molecule has 0 atom stereocenters. The molecule has 6 nitrogen and oxygen atoms in total. The van der Waals surface area contributed by atoms with Crippen molar-refractivity contribution in [2.45, 2.75) is 6.54 Å². The molecule has 0 saturated carbocycles. The number of fused-ring (bicyclic) bond motifs is 2. The Morgan fingerprint density at radius 2 is 1.93 bits per heavy atom. The number of carbonyl (C=O) groups is 1. The lowest BCUT2D eigenvalue weighted by Crippen LogP contribution is -2.23. The van der Waals surface area contributed by atoms with Crippen LogP contribution in [0.2, 0.25) is 5.02 Å². The molecule has 3 aromatic carbocycles. The zero-order valence-corrected chi connectivity index (χ0v) is 16.3. The Hall–Kier alpha value is -3.71. The van der Waals surface area contributed by atoms with Crippen LogP contribution in [0.25, 0.3) is 33.5 Å². The highest BCUT2D eigenvalue weighted by atomic mass is 35.5. The number of amides is 1. The van der Waals surface area contributed by atoms with Crippen molar-refractivity contribution >= 4 is 39.4 Å². The molecule has 2 aromatic heterocycles. The second kappa shape index (κ2) is 7.27. The Bertz CT molecular complexity index is 1410. The zero-order chi connectivity index (χ0) is 20.7. The molecule has 0 aliphatic carbocycles. The topological polar surface area (TPSA) is 86.5 Å². The van der Waals surface area contributed by atoms with Gasteiger partial charge in [-0.3, -0.25) is 9.89 Å². The highest BCUT2D eigenvalue weighted by Gasteiger charge is 2.14. The monoisotopic (exact) mass is 419 g/mol. The summed E-state index contributed by atoms with van der Waals surface area (Å²) in [6.45, 7) is 0.0629. The predicted octanol–water partition coefficient (Wildman–Crippen LogP) is 4.83. The maximum Gasteiger partial charge on any atom is 0.251 e. The van der Waals surface area contributed by atoms with Crippen LogP contribution in [0.1, 0.15) is 15.9 Å². The number of H-pyrrole nitrogens is 2. The summed E-state index contributed by atoms with van der Waals surface area (Å²) in [6.07, 6.45) is 0. The number of carbonyl (C=O) groups excluding carboxylic acids is 1. The lowest BCUT2D eigenvalue weighted by atomic mass is 10.1. The zero-order valence-electron chi connectivity index (χ0n) is 15.5. The van der Waals surface area contributed by atoms with E-state index in [1.807, 2.05) is 24.3 Å². The Balaban J connectivity index is 1.40. The van der Waals surface area contributed by atoms with E-state index >= 15 is 0 Å². The molecule has 1 amide bonds. The summed E-state index contributed by atoms with van der Waals surface area (Å²) < 4.78 is 13.9. The first-order valence-corrected chi connectivity index (χ1v) is 9.62. The molecule has 30 heavy (non-hydrogen) atoms. The molecule has 0 fully saturated rings. The van der Waals surface area contributed by atoms with Gasteiger partial charge >= 0.3 is 0 Å². The number of imidazole rings is 1. The largest absolute Gasteiger partial charge is 0.348 e. The average molecular weight is 420 g/mol. The molecule has 0 radical (unpaired) electrons. The SMILES string of the molecule is O=C(NCc1ccc(Cl)cc1F)c1ccc2nc(-c3n[nH]c4ccccc34)[nH]c2c1. The average Bonchev–Trinajstić information content (AvgIpc) is 3.36. The highest BCUT2D eigenvalue weighted by molar-refractivity contribution is 6.30. The number of para-hydroxylation sites is 1. The highest BCUT2D eigenvalue weighted by Crippen LogP contribution is 2.26. The van der Waals surface area contributed by atoms with Crippen molar-refractivity contribution in [3.05, 3.63) is 82.6 Å². The van der Waals surface area contributed by atoms with Gasteiger partial charge < -0.3 is 10.3 Å². The van der Waals surface area contributed by atoms with Crippen molar-refractivity contribution in [3.63, 3.8) is 0 Å². The Morgan fingerprint density at radius 1 is 1.07 bits per heavy atom. The molecule has 3 N–H and O–H groups in total.